The minimum atomic E-state index is -0.0145. The summed E-state index contributed by atoms with van der Waals surface area (Å²) in [7, 11) is 0. The van der Waals surface area contributed by atoms with Gasteiger partial charge in [0.25, 0.3) is 0 Å². The van der Waals surface area contributed by atoms with Crippen molar-refractivity contribution in [1.29, 1.82) is 0 Å². The van der Waals surface area contributed by atoms with E-state index >= 15 is 0 Å². The third-order valence-electron chi connectivity index (χ3n) is 4.79. The smallest absolute Gasteiger partial charge is 0.238 e. The fourth-order valence-corrected chi connectivity index (χ4v) is 3.48. The highest BCUT2D eigenvalue weighted by Gasteiger charge is 2.22. The number of hydrazine groups is 1. The number of hydrogen-bond acceptors (Lipinski definition) is 5. The maximum atomic E-state index is 12.2. The number of tetrazole rings is 1. The third kappa shape index (κ3) is 3.56. The third-order valence-corrected chi connectivity index (χ3v) is 4.79. The molecule has 1 heterocycles. The lowest BCUT2D eigenvalue weighted by Gasteiger charge is -2.12. The number of H-pyrrole nitrogens is 1. The quantitative estimate of drug-likeness (QED) is 0.595. The molecule has 0 radical (unpaired) electrons. The number of anilines is 1. The lowest BCUT2D eigenvalue weighted by molar-refractivity contribution is -0.120. The Morgan fingerprint density at radius 1 is 1.19 bits per heavy atom. The first-order valence-corrected chi connectivity index (χ1v) is 8.76. The van der Waals surface area contributed by atoms with Crippen LogP contribution in [-0.4, -0.2) is 26.5 Å². The second kappa shape index (κ2) is 7.35. The molecular weight excluding hydrogens is 328 g/mol. The number of benzene rings is 2. The molecule has 4 rings (SSSR count). The van der Waals surface area contributed by atoms with E-state index in [-0.39, 0.29) is 5.91 Å². The molecule has 1 aliphatic rings. The summed E-state index contributed by atoms with van der Waals surface area (Å²) in [4.78, 5) is 12.2. The number of aromatic amines is 1. The first-order chi connectivity index (χ1) is 12.8. The predicted octanol–water partition coefficient (Wildman–Crippen LogP) is 2.82. The Kier molecular flexibility index (Phi) is 4.59. The van der Waals surface area contributed by atoms with Gasteiger partial charge in [-0.2, -0.15) is 5.21 Å². The van der Waals surface area contributed by atoms with Crippen LogP contribution in [0.3, 0.4) is 0 Å². The van der Waals surface area contributed by atoms with Crippen molar-refractivity contribution in [3.63, 3.8) is 0 Å². The van der Waals surface area contributed by atoms with Crippen molar-refractivity contribution in [1.82, 2.24) is 26.0 Å². The number of aryl methyl sites for hydroxylation is 1. The van der Waals surface area contributed by atoms with Crippen LogP contribution in [0.4, 0.5) is 5.69 Å². The van der Waals surface area contributed by atoms with Crippen molar-refractivity contribution < 1.29 is 4.79 Å². The van der Waals surface area contributed by atoms with E-state index in [9.17, 15) is 4.79 Å². The Bertz CT molecular complexity index is 893. The van der Waals surface area contributed by atoms with Crippen LogP contribution >= 0.6 is 0 Å². The largest absolute Gasteiger partial charge is 0.299 e. The van der Waals surface area contributed by atoms with E-state index in [1.165, 1.54) is 11.1 Å². The van der Waals surface area contributed by atoms with E-state index in [0.717, 1.165) is 30.5 Å². The van der Waals surface area contributed by atoms with Gasteiger partial charge in [-0.05, 0) is 53.7 Å². The van der Waals surface area contributed by atoms with E-state index in [4.69, 9.17) is 0 Å². The molecule has 132 valence electrons. The number of nitrogens with one attached hydrogen (secondary N) is 3. The van der Waals surface area contributed by atoms with Gasteiger partial charge in [-0.15, -0.1) is 10.2 Å². The van der Waals surface area contributed by atoms with Crippen molar-refractivity contribution in [3.8, 4) is 11.4 Å². The van der Waals surface area contributed by atoms with Crippen LogP contribution in [0, 0.1) is 0 Å². The average Bonchev–Trinajstić information content (AvgIpc) is 3.35. The molecule has 1 amide bonds. The predicted molar refractivity (Wildman–Crippen MR) is 98.1 cm³/mol. The second-order valence-electron chi connectivity index (χ2n) is 6.46. The molecule has 0 saturated heterocycles. The molecule has 3 N–H and O–H groups in total. The van der Waals surface area contributed by atoms with Crippen molar-refractivity contribution in [2.45, 2.75) is 31.6 Å². The summed E-state index contributed by atoms with van der Waals surface area (Å²) in [5.74, 6) is 0.984. The lowest BCUT2D eigenvalue weighted by atomic mass is 9.96. The van der Waals surface area contributed by atoms with E-state index in [1.54, 1.807) is 0 Å². The van der Waals surface area contributed by atoms with Gasteiger partial charge in [-0.1, -0.05) is 36.4 Å². The van der Waals surface area contributed by atoms with E-state index < -0.39 is 0 Å². The standard InChI is InChI=1S/C19H20N6O/c26-18(11-10-14-9-8-13-4-1-2-7-17(13)14)21-20-16-6-3-5-15(12-16)19-22-24-25-23-19/h1-7,12,14,20H,8-11H2,(H,21,26)(H,22,23,24,25). The van der Waals surface area contributed by atoms with Crippen LogP contribution in [0.5, 0.6) is 0 Å². The molecule has 1 atom stereocenters. The van der Waals surface area contributed by atoms with Crippen molar-refractivity contribution in [2.24, 2.45) is 0 Å². The summed E-state index contributed by atoms with van der Waals surface area (Å²) in [6.45, 7) is 0. The highest BCUT2D eigenvalue weighted by molar-refractivity contribution is 5.77. The first-order valence-electron chi connectivity index (χ1n) is 8.76. The topological polar surface area (TPSA) is 95.6 Å². The summed E-state index contributed by atoms with van der Waals surface area (Å²) in [6, 6.07) is 16.0. The fourth-order valence-electron chi connectivity index (χ4n) is 3.48. The molecule has 2 aromatic carbocycles. The molecule has 1 aromatic heterocycles. The fraction of sp³-hybridized carbons (Fsp3) is 0.263. The minimum Gasteiger partial charge on any atom is -0.299 e. The maximum Gasteiger partial charge on any atom is 0.238 e. The van der Waals surface area contributed by atoms with Gasteiger partial charge in [-0.3, -0.25) is 15.6 Å². The Labute approximate surface area is 151 Å². The van der Waals surface area contributed by atoms with Crippen LogP contribution < -0.4 is 10.9 Å². The zero-order chi connectivity index (χ0) is 17.8. The lowest BCUT2D eigenvalue weighted by Crippen LogP contribution is -2.29. The summed E-state index contributed by atoms with van der Waals surface area (Å²) in [5.41, 5.74) is 10.1. The molecule has 7 nitrogen and oxygen atoms in total. The van der Waals surface area contributed by atoms with E-state index in [2.05, 4.69) is 55.7 Å². The van der Waals surface area contributed by atoms with Crippen LogP contribution in [-0.2, 0) is 11.2 Å². The van der Waals surface area contributed by atoms with Crippen LogP contribution in [0.2, 0.25) is 0 Å². The Hall–Kier alpha value is -3.22. The zero-order valence-corrected chi connectivity index (χ0v) is 14.3. The minimum absolute atomic E-state index is 0.0145. The average molecular weight is 348 g/mol. The van der Waals surface area contributed by atoms with Gasteiger partial charge in [0, 0.05) is 12.0 Å². The summed E-state index contributed by atoms with van der Waals surface area (Å²) < 4.78 is 0. The van der Waals surface area contributed by atoms with Crippen LogP contribution in [0.25, 0.3) is 11.4 Å². The van der Waals surface area contributed by atoms with Gasteiger partial charge >= 0.3 is 0 Å². The Morgan fingerprint density at radius 3 is 3.00 bits per heavy atom. The highest BCUT2D eigenvalue weighted by Crippen LogP contribution is 2.35. The zero-order valence-electron chi connectivity index (χ0n) is 14.3. The molecule has 0 saturated carbocycles. The molecule has 0 bridgehead atoms. The monoisotopic (exact) mass is 348 g/mol. The normalized spacial score (nSPS) is 15.5. The second-order valence-corrected chi connectivity index (χ2v) is 6.46. The van der Waals surface area contributed by atoms with E-state index in [1.807, 2.05) is 24.3 Å². The maximum absolute atomic E-state index is 12.2. The van der Waals surface area contributed by atoms with Crippen LogP contribution in [0.15, 0.2) is 48.5 Å². The Balaban J connectivity index is 1.29. The van der Waals surface area contributed by atoms with Gasteiger partial charge in [0.15, 0.2) is 0 Å². The molecule has 3 aromatic rings. The summed E-state index contributed by atoms with van der Waals surface area (Å²) in [5, 5.41) is 13.9. The molecule has 1 unspecified atom stereocenters. The van der Waals surface area contributed by atoms with Crippen LogP contribution in [0.1, 0.15) is 36.3 Å². The molecule has 0 spiro atoms. The highest BCUT2D eigenvalue weighted by atomic mass is 16.2. The summed E-state index contributed by atoms with van der Waals surface area (Å²) >= 11 is 0. The molecule has 7 heteroatoms. The number of rotatable bonds is 6. The Morgan fingerprint density at radius 2 is 2.12 bits per heavy atom. The number of aromatic nitrogens is 4. The van der Waals surface area contributed by atoms with Gasteiger partial charge in [0.2, 0.25) is 11.7 Å². The summed E-state index contributed by atoms with van der Waals surface area (Å²) in [6.07, 6.45) is 3.61. The first kappa shape index (κ1) is 16.3. The molecule has 0 fully saturated rings. The number of carbonyl (C=O) groups is 1. The van der Waals surface area contributed by atoms with Crippen molar-refractivity contribution in [2.75, 3.05) is 5.43 Å². The van der Waals surface area contributed by atoms with Gasteiger partial charge < -0.3 is 0 Å². The van der Waals surface area contributed by atoms with E-state index in [0.29, 0.717) is 18.2 Å². The van der Waals surface area contributed by atoms with Crippen molar-refractivity contribution >= 4 is 11.6 Å². The molecule has 1 aliphatic carbocycles. The number of carbonyl (C=O) groups excluding carboxylic acids is 1. The number of hydrogen-bond donors (Lipinski definition) is 3. The SMILES string of the molecule is O=C(CCC1CCc2ccccc21)NNc1cccc(-c2nn[nH]n2)c1. The number of fused-ring (bicyclic) bond motifs is 1. The number of amides is 1. The van der Waals surface area contributed by atoms with Crippen molar-refractivity contribution in [3.05, 3.63) is 59.7 Å². The van der Waals surface area contributed by atoms with Gasteiger partial charge in [-0.25, -0.2) is 0 Å². The van der Waals surface area contributed by atoms with Gasteiger partial charge in [0.05, 0.1) is 5.69 Å². The molecule has 26 heavy (non-hydrogen) atoms. The number of nitrogens with zero attached hydrogens (tertiary/aromatic N) is 3. The molecular formula is C19H20N6O. The van der Waals surface area contributed by atoms with Gasteiger partial charge in [0.1, 0.15) is 0 Å². The molecule has 0 aliphatic heterocycles.